The molecule has 1 unspecified atom stereocenters. The molecule has 2 fully saturated rings. The van der Waals surface area contributed by atoms with Crippen LogP contribution in [0.4, 0.5) is 23.4 Å². The van der Waals surface area contributed by atoms with Gasteiger partial charge in [-0.2, -0.15) is 18.3 Å². The zero-order chi connectivity index (χ0) is 26.8. The van der Waals surface area contributed by atoms with Crippen LogP contribution in [0.5, 0.6) is 0 Å². The third-order valence-electron chi connectivity index (χ3n) is 7.32. The highest BCUT2D eigenvalue weighted by Gasteiger charge is 2.32. The number of aromatic nitrogens is 4. The molecule has 0 spiro atoms. The highest BCUT2D eigenvalue weighted by atomic mass is 19.4. The van der Waals surface area contributed by atoms with Crippen molar-refractivity contribution in [2.24, 2.45) is 7.05 Å². The van der Waals surface area contributed by atoms with Gasteiger partial charge in [0, 0.05) is 48.5 Å². The van der Waals surface area contributed by atoms with Gasteiger partial charge in [0.05, 0.1) is 35.5 Å². The Morgan fingerprint density at radius 2 is 1.89 bits per heavy atom. The number of hydrogen-bond acceptors (Lipinski definition) is 5. The number of aryl methyl sites for hydroxylation is 1. The number of anilines is 1. The number of morpholine rings is 1. The molecule has 0 bridgehead atoms. The van der Waals surface area contributed by atoms with Gasteiger partial charge in [-0.25, -0.2) is 9.37 Å². The summed E-state index contributed by atoms with van der Waals surface area (Å²) in [4.78, 5) is 19.9. The minimum atomic E-state index is -4.68. The first-order valence-electron chi connectivity index (χ1n) is 12.4. The monoisotopic (exact) mass is 527 g/mol. The number of halogens is 4. The van der Waals surface area contributed by atoms with E-state index >= 15 is 4.39 Å². The summed E-state index contributed by atoms with van der Waals surface area (Å²) in [5.74, 6) is -0.632. The number of alkyl halides is 3. The van der Waals surface area contributed by atoms with E-state index in [2.05, 4.69) is 5.10 Å². The van der Waals surface area contributed by atoms with Gasteiger partial charge in [0.2, 0.25) is 0 Å². The van der Waals surface area contributed by atoms with Crippen molar-refractivity contribution < 1.29 is 22.3 Å². The third kappa shape index (κ3) is 4.34. The Labute approximate surface area is 215 Å². The smallest absolute Gasteiger partial charge is 0.370 e. The van der Waals surface area contributed by atoms with Gasteiger partial charge in [-0.1, -0.05) is 0 Å². The lowest BCUT2D eigenvalue weighted by atomic mass is 10.0. The SMILES string of the molecule is Cc1cc2c(-c3ccc(C(F)(F)F)cc3F)nc(N3CCOC(c4cnn(C5CC5)c4)C3)cc2c(=O)n1C. The Balaban J connectivity index is 1.45. The number of rotatable bonds is 4. The highest BCUT2D eigenvalue weighted by molar-refractivity contribution is 5.96. The van der Waals surface area contributed by atoms with Crippen molar-refractivity contribution in [3.8, 4) is 11.3 Å². The van der Waals surface area contributed by atoms with Gasteiger partial charge in [0.25, 0.3) is 5.56 Å². The van der Waals surface area contributed by atoms with E-state index < -0.39 is 17.6 Å². The van der Waals surface area contributed by atoms with Crippen LogP contribution < -0.4 is 10.5 Å². The molecular weight excluding hydrogens is 502 g/mol. The molecule has 0 amide bonds. The van der Waals surface area contributed by atoms with Crippen LogP contribution in [0.1, 0.15) is 41.8 Å². The standard InChI is InChI=1S/C27H25F4N5O2/c1-15-9-20-21(26(37)34(15)2)11-24(33-25(20)19-6-3-17(10-22(19)28)27(29,30)31)35-7-8-38-23(14-35)16-12-32-36(13-16)18-4-5-18/h3,6,9-13,18,23H,4-5,7-8,14H2,1-2H3. The van der Waals surface area contributed by atoms with Crippen molar-refractivity contribution in [3.63, 3.8) is 0 Å². The summed E-state index contributed by atoms with van der Waals surface area (Å²) in [6, 6.07) is 6.17. The van der Waals surface area contributed by atoms with Crippen LogP contribution in [0.15, 0.2) is 47.5 Å². The molecule has 1 atom stereocenters. The Bertz CT molecular complexity index is 1610. The molecule has 1 saturated heterocycles. The Morgan fingerprint density at radius 1 is 1.11 bits per heavy atom. The number of nitrogens with zero attached hydrogens (tertiary/aromatic N) is 5. The van der Waals surface area contributed by atoms with Crippen LogP contribution in [-0.4, -0.2) is 39.0 Å². The van der Waals surface area contributed by atoms with Crippen molar-refractivity contribution in [2.45, 2.75) is 38.1 Å². The predicted molar refractivity (Wildman–Crippen MR) is 134 cm³/mol. The second-order valence-electron chi connectivity index (χ2n) is 9.92. The highest BCUT2D eigenvalue weighted by Crippen LogP contribution is 2.37. The van der Waals surface area contributed by atoms with Gasteiger partial charge in [-0.05, 0) is 50.1 Å². The van der Waals surface area contributed by atoms with Gasteiger partial charge in [0.15, 0.2) is 0 Å². The van der Waals surface area contributed by atoms with E-state index in [1.807, 2.05) is 15.8 Å². The maximum atomic E-state index is 15.1. The molecule has 0 radical (unpaired) electrons. The number of benzene rings is 1. The maximum absolute atomic E-state index is 15.1. The molecule has 38 heavy (non-hydrogen) atoms. The third-order valence-corrected chi connectivity index (χ3v) is 7.32. The normalized spacial score (nSPS) is 18.4. The fourth-order valence-electron chi connectivity index (χ4n) is 4.88. The molecule has 1 saturated carbocycles. The molecule has 4 aromatic rings. The van der Waals surface area contributed by atoms with E-state index in [-0.39, 0.29) is 22.9 Å². The fraction of sp³-hybridized carbons (Fsp3) is 0.370. The first-order valence-corrected chi connectivity index (χ1v) is 12.4. The van der Waals surface area contributed by atoms with E-state index in [1.54, 1.807) is 32.3 Å². The van der Waals surface area contributed by atoms with Gasteiger partial charge in [-0.15, -0.1) is 0 Å². The molecule has 11 heteroatoms. The van der Waals surface area contributed by atoms with Crippen LogP contribution >= 0.6 is 0 Å². The minimum Gasteiger partial charge on any atom is -0.370 e. The molecule has 1 aliphatic carbocycles. The zero-order valence-electron chi connectivity index (χ0n) is 20.8. The van der Waals surface area contributed by atoms with E-state index in [0.717, 1.165) is 30.5 Å². The van der Waals surface area contributed by atoms with Crippen molar-refractivity contribution in [1.82, 2.24) is 19.3 Å². The quantitative estimate of drug-likeness (QED) is 0.343. The van der Waals surface area contributed by atoms with Gasteiger partial charge in [-0.3, -0.25) is 9.48 Å². The molecule has 4 heterocycles. The Hall–Kier alpha value is -3.73. The number of hydrogen-bond donors (Lipinski definition) is 0. The molecule has 198 valence electrons. The van der Waals surface area contributed by atoms with Crippen LogP contribution in [0.2, 0.25) is 0 Å². The Kier molecular flexibility index (Phi) is 5.78. The molecule has 1 aromatic carbocycles. The summed E-state index contributed by atoms with van der Waals surface area (Å²) in [6.45, 7) is 3.04. The predicted octanol–water partition coefficient (Wildman–Crippen LogP) is 5.18. The van der Waals surface area contributed by atoms with Crippen LogP contribution in [0.3, 0.4) is 0 Å². The largest absolute Gasteiger partial charge is 0.416 e. The number of ether oxygens (including phenoxy) is 1. The van der Waals surface area contributed by atoms with E-state index in [9.17, 15) is 18.0 Å². The van der Waals surface area contributed by atoms with E-state index in [1.165, 1.54) is 4.57 Å². The van der Waals surface area contributed by atoms with Gasteiger partial charge in [0.1, 0.15) is 17.7 Å². The van der Waals surface area contributed by atoms with Crippen molar-refractivity contribution in [1.29, 1.82) is 0 Å². The summed E-state index contributed by atoms with van der Waals surface area (Å²) in [6.07, 6.45) is 1.04. The summed E-state index contributed by atoms with van der Waals surface area (Å²) in [7, 11) is 1.64. The van der Waals surface area contributed by atoms with Gasteiger partial charge < -0.3 is 14.2 Å². The van der Waals surface area contributed by atoms with Crippen LogP contribution in [0.25, 0.3) is 22.0 Å². The second kappa shape index (κ2) is 8.93. The molecular formula is C27H25F4N5O2. The summed E-state index contributed by atoms with van der Waals surface area (Å²) in [5.41, 5.74) is 0.177. The Morgan fingerprint density at radius 3 is 2.61 bits per heavy atom. The van der Waals surface area contributed by atoms with E-state index in [0.29, 0.717) is 54.1 Å². The van der Waals surface area contributed by atoms with E-state index in [4.69, 9.17) is 9.72 Å². The van der Waals surface area contributed by atoms with Crippen molar-refractivity contribution in [3.05, 3.63) is 75.7 Å². The lowest BCUT2D eigenvalue weighted by molar-refractivity contribution is -0.137. The molecule has 7 nitrogen and oxygen atoms in total. The fourth-order valence-corrected chi connectivity index (χ4v) is 4.88. The minimum absolute atomic E-state index is 0.104. The first-order chi connectivity index (χ1) is 18.1. The van der Waals surface area contributed by atoms with Gasteiger partial charge >= 0.3 is 6.18 Å². The maximum Gasteiger partial charge on any atom is 0.416 e. The summed E-state index contributed by atoms with van der Waals surface area (Å²) < 4.78 is 64.1. The topological polar surface area (TPSA) is 65.2 Å². The summed E-state index contributed by atoms with van der Waals surface area (Å²) in [5, 5.41) is 5.13. The average Bonchev–Trinajstić information content (AvgIpc) is 3.63. The lowest BCUT2D eigenvalue weighted by Crippen LogP contribution is -2.39. The van der Waals surface area contributed by atoms with Crippen LogP contribution in [-0.2, 0) is 18.0 Å². The average molecular weight is 528 g/mol. The molecule has 1 aliphatic heterocycles. The molecule has 6 rings (SSSR count). The van der Waals surface area contributed by atoms with Crippen molar-refractivity contribution >= 4 is 16.6 Å². The molecule has 2 aliphatic rings. The lowest BCUT2D eigenvalue weighted by Gasteiger charge is -2.33. The second-order valence-corrected chi connectivity index (χ2v) is 9.92. The first kappa shape index (κ1) is 24.6. The zero-order valence-corrected chi connectivity index (χ0v) is 20.8. The number of pyridine rings is 2. The van der Waals surface area contributed by atoms with Crippen LogP contribution in [0, 0.1) is 12.7 Å². The molecule has 3 aromatic heterocycles. The molecule has 0 N–H and O–H groups in total. The summed E-state index contributed by atoms with van der Waals surface area (Å²) >= 11 is 0. The van der Waals surface area contributed by atoms with Crippen molar-refractivity contribution in [2.75, 3.05) is 24.6 Å². The number of fused-ring (bicyclic) bond motifs is 1.